The Balaban J connectivity index is 1.21. The Kier molecular flexibility index (Phi) is 8.08. The maximum atomic E-state index is 13.3. The summed E-state index contributed by atoms with van der Waals surface area (Å²) in [5.41, 5.74) is 4.37. The highest BCUT2D eigenvalue weighted by Gasteiger charge is 2.28. The topological polar surface area (TPSA) is 51.2 Å². The smallest absolute Gasteiger partial charge is 0.254 e. The number of carbonyl (C=O) groups is 1. The number of hydrogen-bond acceptors (Lipinski definition) is 5. The van der Waals surface area contributed by atoms with Crippen LogP contribution in [0, 0.1) is 6.92 Å². The Morgan fingerprint density at radius 1 is 0.868 bits per heavy atom. The number of benzene rings is 3. The van der Waals surface area contributed by atoms with Gasteiger partial charge in [-0.25, -0.2) is 0 Å². The van der Waals surface area contributed by atoms with E-state index in [1.165, 1.54) is 41.2 Å². The summed E-state index contributed by atoms with van der Waals surface area (Å²) in [5.74, 6) is 2.35. The van der Waals surface area contributed by atoms with Gasteiger partial charge in [-0.3, -0.25) is 9.69 Å². The van der Waals surface area contributed by atoms with Gasteiger partial charge in [0.15, 0.2) is 11.5 Å². The first-order chi connectivity index (χ1) is 18.5. The van der Waals surface area contributed by atoms with Crippen molar-refractivity contribution in [3.8, 4) is 17.2 Å². The van der Waals surface area contributed by atoms with Crippen LogP contribution in [-0.2, 0) is 12.8 Å². The van der Waals surface area contributed by atoms with Gasteiger partial charge < -0.3 is 19.1 Å². The second-order valence-electron chi connectivity index (χ2n) is 10.6. The molecule has 202 valence electrons. The molecule has 0 bridgehead atoms. The molecule has 0 radical (unpaired) electrons. The fourth-order valence-corrected chi connectivity index (χ4v) is 6.22. The predicted molar refractivity (Wildman–Crippen MR) is 152 cm³/mol. The highest BCUT2D eigenvalue weighted by molar-refractivity contribution is 5.97. The molecule has 3 aromatic carbocycles. The highest BCUT2D eigenvalue weighted by atomic mass is 16.5. The van der Waals surface area contributed by atoms with Crippen LogP contribution in [0.1, 0.15) is 52.7 Å². The summed E-state index contributed by atoms with van der Waals surface area (Å²) in [6.45, 7) is 5.87. The van der Waals surface area contributed by atoms with Gasteiger partial charge in [0, 0.05) is 31.2 Å². The number of fused-ring (bicyclic) bond motifs is 2. The molecule has 2 aliphatic heterocycles. The molecule has 2 heterocycles. The number of methoxy groups -OCH3 is 3. The van der Waals surface area contributed by atoms with Gasteiger partial charge in [0.05, 0.1) is 21.3 Å². The number of carbonyl (C=O) groups excluding carboxylic acids is 1. The van der Waals surface area contributed by atoms with Gasteiger partial charge in [0.2, 0.25) is 0 Å². The van der Waals surface area contributed by atoms with Gasteiger partial charge in [-0.1, -0.05) is 30.7 Å². The van der Waals surface area contributed by atoms with Gasteiger partial charge in [-0.05, 0) is 91.2 Å². The third kappa shape index (κ3) is 5.32. The third-order valence-corrected chi connectivity index (χ3v) is 8.47. The van der Waals surface area contributed by atoms with E-state index in [1.54, 1.807) is 21.3 Å². The van der Waals surface area contributed by atoms with Gasteiger partial charge in [-0.15, -0.1) is 0 Å². The van der Waals surface area contributed by atoms with Gasteiger partial charge in [-0.2, -0.15) is 0 Å². The second-order valence-corrected chi connectivity index (χ2v) is 10.6. The van der Waals surface area contributed by atoms with Crippen LogP contribution in [0.3, 0.4) is 0 Å². The zero-order chi connectivity index (χ0) is 26.6. The number of likely N-dealkylation sites (tertiary alicyclic amines) is 1. The molecule has 0 spiro atoms. The van der Waals surface area contributed by atoms with E-state index in [0.29, 0.717) is 17.5 Å². The fraction of sp³-hybridized carbons (Fsp3) is 0.469. The van der Waals surface area contributed by atoms with Crippen LogP contribution in [0.5, 0.6) is 17.2 Å². The van der Waals surface area contributed by atoms with Crippen molar-refractivity contribution in [2.75, 3.05) is 47.5 Å². The van der Waals surface area contributed by atoms with E-state index in [4.69, 9.17) is 14.2 Å². The van der Waals surface area contributed by atoms with Crippen molar-refractivity contribution >= 4 is 16.7 Å². The van der Waals surface area contributed by atoms with Crippen LogP contribution in [0.25, 0.3) is 10.8 Å². The molecule has 6 nitrogen and oxygen atoms in total. The summed E-state index contributed by atoms with van der Waals surface area (Å²) in [7, 11) is 4.98. The minimum Gasteiger partial charge on any atom is -0.496 e. The molecular formula is C32H40N2O4. The van der Waals surface area contributed by atoms with Crippen LogP contribution in [0.15, 0.2) is 42.5 Å². The monoisotopic (exact) mass is 516 g/mol. The minimum atomic E-state index is 0.109. The van der Waals surface area contributed by atoms with Crippen molar-refractivity contribution in [3.05, 3.63) is 64.7 Å². The lowest BCUT2D eigenvalue weighted by molar-refractivity contribution is 0.0698. The van der Waals surface area contributed by atoms with E-state index in [2.05, 4.69) is 42.2 Å². The summed E-state index contributed by atoms with van der Waals surface area (Å²) >= 11 is 0. The Bertz CT molecular complexity index is 1300. The Hall–Kier alpha value is -3.25. The van der Waals surface area contributed by atoms with Gasteiger partial charge in [0.1, 0.15) is 5.75 Å². The average molecular weight is 517 g/mol. The van der Waals surface area contributed by atoms with E-state index in [0.717, 1.165) is 62.3 Å². The number of rotatable bonds is 9. The number of ether oxygens (including phenoxy) is 3. The Morgan fingerprint density at radius 2 is 1.66 bits per heavy atom. The summed E-state index contributed by atoms with van der Waals surface area (Å²) in [5, 5.41) is 2.53. The van der Waals surface area contributed by atoms with Crippen LogP contribution >= 0.6 is 0 Å². The largest absolute Gasteiger partial charge is 0.496 e. The molecule has 1 fully saturated rings. The van der Waals surface area contributed by atoms with Crippen molar-refractivity contribution in [1.29, 1.82) is 0 Å². The molecule has 38 heavy (non-hydrogen) atoms. The first-order valence-corrected chi connectivity index (χ1v) is 13.9. The van der Waals surface area contributed by atoms with E-state index >= 15 is 0 Å². The molecule has 1 atom stereocenters. The molecule has 2 aliphatic rings. The van der Waals surface area contributed by atoms with E-state index in [1.807, 2.05) is 17.0 Å². The van der Waals surface area contributed by atoms with Gasteiger partial charge >= 0.3 is 0 Å². The zero-order valence-corrected chi connectivity index (χ0v) is 23.2. The molecule has 0 saturated carbocycles. The molecule has 0 N–H and O–H groups in total. The summed E-state index contributed by atoms with van der Waals surface area (Å²) < 4.78 is 16.4. The van der Waals surface area contributed by atoms with Crippen molar-refractivity contribution in [3.63, 3.8) is 0 Å². The lowest BCUT2D eigenvalue weighted by atomic mass is 9.95. The highest BCUT2D eigenvalue weighted by Crippen LogP contribution is 2.34. The Labute approximate surface area is 226 Å². The van der Waals surface area contributed by atoms with Crippen LogP contribution < -0.4 is 14.2 Å². The second kappa shape index (κ2) is 11.6. The average Bonchev–Trinajstić information content (AvgIpc) is 2.95. The van der Waals surface area contributed by atoms with E-state index < -0.39 is 0 Å². The van der Waals surface area contributed by atoms with Gasteiger partial charge in [0.25, 0.3) is 5.91 Å². The van der Waals surface area contributed by atoms with Crippen molar-refractivity contribution in [1.82, 2.24) is 9.80 Å². The fourth-order valence-electron chi connectivity index (χ4n) is 6.22. The molecule has 5 rings (SSSR count). The first kappa shape index (κ1) is 26.4. The minimum absolute atomic E-state index is 0.109. The van der Waals surface area contributed by atoms with Crippen LogP contribution in [0.4, 0.5) is 0 Å². The summed E-state index contributed by atoms with van der Waals surface area (Å²) in [4.78, 5) is 18.0. The number of aryl methyl sites for hydroxylation is 1. The Morgan fingerprint density at radius 3 is 2.45 bits per heavy atom. The predicted octanol–water partition coefficient (Wildman–Crippen LogP) is 5.66. The maximum Gasteiger partial charge on any atom is 0.254 e. The third-order valence-electron chi connectivity index (χ3n) is 8.47. The molecular weight excluding hydrogens is 476 g/mol. The molecule has 6 heteroatoms. The number of piperidine rings is 1. The zero-order valence-electron chi connectivity index (χ0n) is 23.2. The molecule has 0 aliphatic carbocycles. The number of hydrogen-bond donors (Lipinski definition) is 0. The molecule has 3 aromatic rings. The SMILES string of the molecule is COc1cc2c(cc1OC)C(=O)N(CCC1CCCCN1CCc1ccc3c(C)c(OC)ccc3c1)CC2. The van der Waals surface area contributed by atoms with Crippen molar-refractivity contribution in [2.24, 2.45) is 0 Å². The summed E-state index contributed by atoms with van der Waals surface area (Å²) in [6, 6.07) is 15.4. The maximum absolute atomic E-state index is 13.3. The number of nitrogens with zero attached hydrogens (tertiary/aromatic N) is 2. The van der Waals surface area contributed by atoms with Crippen molar-refractivity contribution in [2.45, 2.75) is 51.5 Å². The number of amides is 1. The normalized spacial score (nSPS) is 17.9. The molecule has 1 unspecified atom stereocenters. The lowest BCUT2D eigenvalue weighted by Crippen LogP contribution is -2.44. The van der Waals surface area contributed by atoms with Crippen LogP contribution in [0.2, 0.25) is 0 Å². The molecule has 0 aromatic heterocycles. The van der Waals surface area contributed by atoms with E-state index in [9.17, 15) is 4.79 Å². The first-order valence-electron chi connectivity index (χ1n) is 13.9. The van der Waals surface area contributed by atoms with Crippen molar-refractivity contribution < 1.29 is 19.0 Å². The van der Waals surface area contributed by atoms with E-state index in [-0.39, 0.29) is 5.91 Å². The lowest BCUT2D eigenvalue weighted by Gasteiger charge is -2.38. The molecule has 1 amide bonds. The summed E-state index contributed by atoms with van der Waals surface area (Å²) in [6.07, 6.45) is 6.64. The quantitative estimate of drug-likeness (QED) is 0.367. The molecule has 1 saturated heterocycles. The van der Waals surface area contributed by atoms with Crippen LogP contribution in [-0.4, -0.2) is 69.3 Å². The standard InChI is InChI=1S/C32H40N2O4/c1-22-27-10-8-23(19-24(27)9-11-29(22)36-2)12-16-33-15-6-5-7-26(33)14-18-34-17-13-25-20-30(37-3)31(38-4)21-28(25)32(34)35/h8-11,19-21,26H,5-7,12-18H2,1-4H3.